The molecule has 0 saturated carbocycles. The molecule has 1 aliphatic rings. The molecular weight excluding hydrogens is 238 g/mol. The highest BCUT2D eigenvalue weighted by molar-refractivity contribution is 5.70. The van der Waals surface area contributed by atoms with Gasteiger partial charge in [-0.25, -0.2) is 9.97 Å². The minimum atomic E-state index is 0.661. The summed E-state index contributed by atoms with van der Waals surface area (Å²) in [6.07, 6.45) is 3.94. The summed E-state index contributed by atoms with van der Waals surface area (Å²) in [7, 11) is 0. The molecule has 1 aliphatic heterocycles. The van der Waals surface area contributed by atoms with Crippen LogP contribution in [0.4, 0.5) is 5.95 Å². The second-order valence-electron chi connectivity index (χ2n) is 4.54. The van der Waals surface area contributed by atoms with Gasteiger partial charge in [0.2, 0.25) is 5.95 Å². The van der Waals surface area contributed by atoms with Crippen LogP contribution in [0, 0.1) is 0 Å². The largest absolute Gasteiger partial charge is 0.493 e. The van der Waals surface area contributed by atoms with Gasteiger partial charge in [-0.3, -0.25) is 0 Å². The molecule has 1 aromatic heterocycles. The first kappa shape index (κ1) is 12.0. The van der Waals surface area contributed by atoms with Gasteiger partial charge in [0.1, 0.15) is 5.75 Å². The maximum absolute atomic E-state index is 5.83. The number of fused-ring (bicyclic) bond motifs is 1. The van der Waals surface area contributed by atoms with E-state index >= 15 is 0 Å². The number of anilines is 1. The van der Waals surface area contributed by atoms with E-state index < -0.39 is 0 Å². The first-order chi connectivity index (χ1) is 9.38. The summed E-state index contributed by atoms with van der Waals surface area (Å²) in [6, 6.07) is 8.18. The topological polar surface area (TPSA) is 47.0 Å². The normalized spacial score (nSPS) is 13.5. The molecule has 2 aromatic rings. The number of aryl methyl sites for hydroxylation is 1. The highest BCUT2D eigenvalue weighted by Crippen LogP contribution is 2.35. The van der Waals surface area contributed by atoms with E-state index in [0.29, 0.717) is 5.95 Å². The third-order valence-electron chi connectivity index (χ3n) is 3.20. The molecule has 0 spiro atoms. The van der Waals surface area contributed by atoms with Crippen molar-refractivity contribution < 1.29 is 4.74 Å². The van der Waals surface area contributed by atoms with E-state index in [4.69, 9.17) is 4.74 Å². The Morgan fingerprint density at radius 2 is 2.26 bits per heavy atom. The van der Waals surface area contributed by atoms with Crippen molar-refractivity contribution in [2.45, 2.75) is 19.8 Å². The third-order valence-corrected chi connectivity index (χ3v) is 3.20. The van der Waals surface area contributed by atoms with Crippen LogP contribution in [0.5, 0.6) is 5.75 Å². The summed E-state index contributed by atoms with van der Waals surface area (Å²) < 4.78 is 5.83. The van der Waals surface area contributed by atoms with Crippen LogP contribution in [0.25, 0.3) is 11.3 Å². The first-order valence-corrected chi connectivity index (χ1v) is 6.70. The lowest BCUT2D eigenvalue weighted by molar-refractivity contribution is 0.289. The van der Waals surface area contributed by atoms with Crippen molar-refractivity contribution in [3.05, 3.63) is 36.0 Å². The number of nitrogens with zero attached hydrogens (tertiary/aromatic N) is 2. The van der Waals surface area contributed by atoms with Crippen molar-refractivity contribution >= 4 is 5.95 Å². The van der Waals surface area contributed by atoms with Crippen molar-refractivity contribution in [2.24, 2.45) is 0 Å². The van der Waals surface area contributed by atoms with Crippen molar-refractivity contribution in [2.75, 3.05) is 18.5 Å². The Hall–Kier alpha value is -2.10. The lowest BCUT2D eigenvalue weighted by Crippen LogP contribution is -2.09. The monoisotopic (exact) mass is 255 g/mol. The zero-order valence-corrected chi connectivity index (χ0v) is 11.0. The molecule has 1 aromatic carbocycles. The minimum Gasteiger partial charge on any atom is -0.493 e. The SMILES string of the molecule is CCNc1nccc(-c2cccc3c2OCCC3)n1. The molecule has 0 bridgehead atoms. The highest BCUT2D eigenvalue weighted by Gasteiger charge is 2.16. The third kappa shape index (κ3) is 2.38. The molecule has 0 amide bonds. The summed E-state index contributed by atoms with van der Waals surface area (Å²) in [5.74, 6) is 1.64. The zero-order valence-electron chi connectivity index (χ0n) is 11.0. The van der Waals surface area contributed by atoms with E-state index in [2.05, 4.69) is 33.5 Å². The fraction of sp³-hybridized carbons (Fsp3) is 0.333. The van der Waals surface area contributed by atoms with Crippen molar-refractivity contribution in [1.29, 1.82) is 0 Å². The molecule has 4 nitrogen and oxygen atoms in total. The van der Waals surface area contributed by atoms with E-state index in [1.54, 1.807) is 6.20 Å². The number of nitrogens with one attached hydrogen (secondary N) is 1. The lowest BCUT2D eigenvalue weighted by atomic mass is 10.0. The maximum Gasteiger partial charge on any atom is 0.223 e. The zero-order chi connectivity index (χ0) is 13.1. The predicted molar refractivity (Wildman–Crippen MR) is 75.4 cm³/mol. The second kappa shape index (κ2) is 5.26. The van der Waals surface area contributed by atoms with Crippen LogP contribution in [-0.2, 0) is 6.42 Å². The molecule has 3 rings (SSSR count). The summed E-state index contributed by atoms with van der Waals surface area (Å²) in [4.78, 5) is 8.74. The number of hydrogen-bond donors (Lipinski definition) is 1. The standard InChI is InChI=1S/C15H17N3O/c1-2-16-15-17-9-8-13(18-15)12-7-3-5-11-6-4-10-19-14(11)12/h3,5,7-9H,2,4,6,10H2,1H3,(H,16,17,18). The van der Waals surface area contributed by atoms with Gasteiger partial charge in [0.25, 0.3) is 0 Å². The molecule has 0 saturated heterocycles. The van der Waals surface area contributed by atoms with Gasteiger partial charge in [-0.2, -0.15) is 0 Å². The highest BCUT2D eigenvalue weighted by atomic mass is 16.5. The Morgan fingerprint density at radius 3 is 3.16 bits per heavy atom. The van der Waals surface area contributed by atoms with Gasteiger partial charge < -0.3 is 10.1 Å². The molecule has 0 unspecified atom stereocenters. The number of ether oxygens (including phenoxy) is 1. The van der Waals surface area contributed by atoms with Crippen LogP contribution < -0.4 is 10.1 Å². The molecule has 19 heavy (non-hydrogen) atoms. The molecule has 1 N–H and O–H groups in total. The van der Waals surface area contributed by atoms with Crippen LogP contribution in [0.3, 0.4) is 0 Å². The number of aromatic nitrogens is 2. The quantitative estimate of drug-likeness (QED) is 0.916. The molecule has 0 atom stereocenters. The van der Waals surface area contributed by atoms with Crippen LogP contribution in [0.15, 0.2) is 30.5 Å². The summed E-state index contributed by atoms with van der Waals surface area (Å²) in [5, 5.41) is 3.13. The molecule has 0 fully saturated rings. The van der Waals surface area contributed by atoms with Gasteiger partial charge in [0.15, 0.2) is 0 Å². The maximum atomic E-state index is 5.83. The van der Waals surface area contributed by atoms with E-state index in [1.165, 1.54) is 5.56 Å². The molecule has 4 heteroatoms. The summed E-state index contributed by atoms with van der Waals surface area (Å²) >= 11 is 0. The van der Waals surface area contributed by atoms with Gasteiger partial charge in [-0.15, -0.1) is 0 Å². The van der Waals surface area contributed by atoms with E-state index in [9.17, 15) is 0 Å². The number of hydrogen-bond acceptors (Lipinski definition) is 4. The first-order valence-electron chi connectivity index (χ1n) is 6.70. The lowest BCUT2D eigenvalue weighted by Gasteiger charge is -2.20. The predicted octanol–water partition coefficient (Wildman–Crippen LogP) is 2.90. The van der Waals surface area contributed by atoms with Gasteiger partial charge >= 0.3 is 0 Å². The Labute approximate surface area is 112 Å². The van der Waals surface area contributed by atoms with Crippen LogP contribution in [-0.4, -0.2) is 23.1 Å². The molecule has 0 radical (unpaired) electrons. The van der Waals surface area contributed by atoms with Gasteiger partial charge in [-0.1, -0.05) is 12.1 Å². The molecule has 2 heterocycles. The number of rotatable bonds is 3. The van der Waals surface area contributed by atoms with Gasteiger partial charge in [0.05, 0.1) is 12.3 Å². The Bertz CT molecular complexity index is 583. The fourth-order valence-corrected chi connectivity index (χ4v) is 2.34. The number of para-hydroxylation sites is 1. The van der Waals surface area contributed by atoms with E-state index in [0.717, 1.165) is 43.0 Å². The Kier molecular flexibility index (Phi) is 3.31. The van der Waals surface area contributed by atoms with E-state index in [-0.39, 0.29) is 0 Å². The minimum absolute atomic E-state index is 0.661. The van der Waals surface area contributed by atoms with Crippen LogP contribution in [0.1, 0.15) is 18.9 Å². The average molecular weight is 255 g/mol. The number of benzene rings is 1. The average Bonchev–Trinajstić information content (AvgIpc) is 2.47. The van der Waals surface area contributed by atoms with Crippen LogP contribution in [0.2, 0.25) is 0 Å². The van der Waals surface area contributed by atoms with Gasteiger partial charge in [-0.05, 0) is 37.5 Å². The van der Waals surface area contributed by atoms with Gasteiger partial charge in [0, 0.05) is 18.3 Å². The summed E-state index contributed by atoms with van der Waals surface area (Å²) in [5.41, 5.74) is 3.23. The molecular formula is C15H17N3O. The Morgan fingerprint density at radius 1 is 1.32 bits per heavy atom. The fourth-order valence-electron chi connectivity index (χ4n) is 2.34. The van der Waals surface area contributed by atoms with Crippen molar-refractivity contribution in [1.82, 2.24) is 9.97 Å². The van der Waals surface area contributed by atoms with Crippen molar-refractivity contribution in [3.8, 4) is 17.0 Å². The van der Waals surface area contributed by atoms with E-state index in [1.807, 2.05) is 13.0 Å². The molecule has 98 valence electrons. The second-order valence-corrected chi connectivity index (χ2v) is 4.54. The smallest absolute Gasteiger partial charge is 0.223 e. The Balaban J connectivity index is 2.04. The van der Waals surface area contributed by atoms with Crippen LogP contribution >= 0.6 is 0 Å². The molecule has 0 aliphatic carbocycles. The summed E-state index contributed by atoms with van der Waals surface area (Å²) in [6.45, 7) is 3.63. The van der Waals surface area contributed by atoms with Crippen molar-refractivity contribution in [3.63, 3.8) is 0 Å².